The maximum absolute atomic E-state index is 12.9. The van der Waals surface area contributed by atoms with Gasteiger partial charge in [0.25, 0.3) is 5.72 Å². The quantitative estimate of drug-likeness (QED) is 0.865. The Hall–Kier alpha value is -1.31. The van der Waals surface area contributed by atoms with E-state index >= 15 is 0 Å². The van der Waals surface area contributed by atoms with Crippen molar-refractivity contribution in [2.45, 2.75) is 45.0 Å². The first-order chi connectivity index (χ1) is 8.61. The zero-order chi connectivity index (χ0) is 14.8. The number of methoxy groups -OCH3 is 1. The summed E-state index contributed by atoms with van der Waals surface area (Å²) in [7, 11) is 0.931. The molecule has 0 aromatic carbocycles. The van der Waals surface area contributed by atoms with Gasteiger partial charge in [-0.2, -0.15) is 23.3 Å². The van der Waals surface area contributed by atoms with Crippen molar-refractivity contribution in [3.63, 3.8) is 0 Å². The molecule has 1 N–H and O–H groups in total. The Bertz CT molecular complexity index is 382. The molecule has 0 saturated heterocycles. The van der Waals surface area contributed by atoms with Crippen molar-refractivity contribution in [1.82, 2.24) is 5.01 Å². The van der Waals surface area contributed by atoms with E-state index in [1.165, 1.54) is 0 Å². The fourth-order valence-electron chi connectivity index (χ4n) is 1.71. The largest absolute Gasteiger partial charge is 0.451 e. The average Bonchev–Trinajstić information content (AvgIpc) is 2.64. The van der Waals surface area contributed by atoms with Gasteiger partial charge in [0.05, 0.1) is 7.11 Å². The number of hydrazone groups is 1. The Balaban J connectivity index is 2.95. The zero-order valence-corrected chi connectivity index (χ0v) is 11.0. The number of nitrogens with zero attached hydrogens (tertiary/aromatic N) is 2. The molecule has 0 unspecified atom stereocenters. The lowest BCUT2D eigenvalue weighted by Crippen LogP contribution is -2.56. The zero-order valence-electron chi connectivity index (χ0n) is 11.0. The van der Waals surface area contributed by atoms with Gasteiger partial charge in [-0.05, 0) is 18.8 Å². The minimum atomic E-state index is -5.00. The summed E-state index contributed by atoms with van der Waals surface area (Å²) in [5, 5.41) is 13.2. The standard InChI is InChI=1S/C11H17F3N2O3/c1-7(2)4-5-8-6-10(18,11(12,13)14)16(15-8)9(17)19-3/h7,18H,4-6H2,1-3H3/t10-/m1/s1. The molecule has 110 valence electrons. The number of carbonyl (C=O) groups excluding carboxylic acids is 1. The van der Waals surface area contributed by atoms with E-state index in [9.17, 15) is 23.1 Å². The van der Waals surface area contributed by atoms with Crippen LogP contribution in [0.5, 0.6) is 0 Å². The summed E-state index contributed by atoms with van der Waals surface area (Å²) in [5.74, 6) is 0.286. The molecule has 1 rings (SSSR count). The highest BCUT2D eigenvalue weighted by Gasteiger charge is 2.63. The number of aliphatic hydroxyl groups is 1. The normalized spacial score (nSPS) is 23.8. The highest BCUT2D eigenvalue weighted by molar-refractivity contribution is 5.89. The first-order valence-corrected chi connectivity index (χ1v) is 5.85. The summed E-state index contributed by atoms with van der Waals surface area (Å²) in [5.41, 5.74) is -3.18. The van der Waals surface area contributed by atoms with Gasteiger partial charge in [0.2, 0.25) is 0 Å². The molecule has 1 aliphatic rings. The molecule has 0 bridgehead atoms. The van der Waals surface area contributed by atoms with Gasteiger partial charge in [0.15, 0.2) is 0 Å². The van der Waals surface area contributed by atoms with Gasteiger partial charge in [-0.3, -0.25) is 0 Å². The minimum Gasteiger partial charge on any atom is -0.451 e. The number of halogens is 3. The van der Waals surface area contributed by atoms with Crippen molar-refractivity contribution in [3.8, 4) is 0 Å². The van der Waals surface area contributed by atoms with Crippen LogP contribution >= 0.6 is 0 Å². The molecule has 0 fully saturated rings. The van der Waals surface area contributed by atoms with E-state index in [0.717, 1.165) is 7.11 Å². The highest BCUT2D eigenvalue weighted by atomic mass is 19.4. The Morgan fingerprint density at radius 2 is 2.16 bits per heavy atom. The van der Waals surface area contributed by atoms with Gasteiger partial charge in [-0.15, -0.1) is 0 Å². The molecule has 0 aliphatic carbocycles. The van der Waals surface area contributed by atoms with Crippen molar-refractivity contribution in [2.75, 3.05) is 7.11 Å². The van der Waals surface area contributed by atoms with Crippen LogP contribution < -0.4 is 0 Å². The van der Waals surface area contributed by atoms with Crippen LogP contribution in [-0.2, 0) is 4.74 Å². The predicted molar refractivity (Wildman–Crippen MR) is 61.4 cm³/mol. The van der Waals surface area contributed by atoms with Crippen LogP contribution in [0.4, 0.5) is 18.0 Å². The molecule has 0 aromatic heterocycles. The van der Waals surface area contributed by atoms with E-state index < -0.39 is 24.4 Å². The molecule has 1 aliphatic heterocycles. The number of ether oxygens (including phenoxy) is 1. The summed E-state index contributed by atoms with van der Waals surface area (Å²) in [6.45, 7) is 3.84. The number of amides is 1. The van der Waals surface area contributed by atoms with Crippen LogP contribution in [0.2, 0.25) is 0 Å². The Kier molecular flexibility index (Phi) is 4.44. The first kappa shape index (κ1) is 15.7. The third-order valence-electron chi connectivity index (χ3n) is 2.85. The molecule has 0 aromatic rings. The van der Waals surface area contributed by atoms with Gasteiger partial charge in [-0.25, -0.2) is 4.79 Å². The van der Waals surface area contributed by atoms with Gasteiger partial charge < -0.3 is 9.84 Å². The Morgan fingerprint density at radius 3 is 2.58 bits per heavy atom. The SMILES string of the molecule is COC(=O)N1N=C(CCC(C)C)C[C@@]1(O)C(F)(F)F. The summed E-state index contributed by atoms with van der Waals surface area (Å²) < 4.78 is 42.9. The van der Waals surface area contributed by atoms with Gasteiger partial charge in [-0.1, -0.05) is 13.8 Å². The maximum Gasteiger partial charge on any atom is 0.439 e. The molecule has 19 heavy (non-hydrogen) atoms. The van der Waals surface area contributed by atoms with Gasteiger partial charge in [0, 0.05) is 12.1 Å². The third kappa shape index (κ3) is 3.17. The fourth-order valence-corrected chi connectivity index (χ4v) is 1.71. The number of hydrogen-bond donors (Lipinski definition) is 1. The number of hydrogen-bond acceptors (Lipinski definition) is 4. The molecule has 0 spiro atoms. The smallest absolute Gasteiger partial charge is 0.439 e. The molecule has 0 saturated carbocycles. The second kappa shape index (κ2) is 5.36. The molecular weight excluding hydrogens is 265 g/mol. The number of rotatable bonds is 3. The fraction of sp³-hybridized carbons (Fsp3) is 0.818. The summed E-state index contributed by atoms with van der Waals surface area (Å²) in [4.78, 5) is 11.3. The number of alkyl halides is 3. The topological polar surface area (TPSA) is 62.1 Å². The van der Waals surface area contributed by atoms with E-state index in [-0.39, 0.29) is 16.6 Å². The van der Waals surface area contributed by atoms with Gasteiger partial charge in [0.1, 0.15) is 0 Å². The lowest BCUT2D eigenvalue weighted by molar-refractivity contribution is -0.299. The van der Waals surface area contributed by atoms with Crippen LogP contribution in [0, 0.1) is 5.92 Å². The Labute approximate surface area is 109 Å². The van der Waals surface area contributed by atoms with Crippen LogP contribution in [-0.4, -0.2) is 40.9 Å². The molecule has 1 atom stereocenters. The van der Waals surface area contributed by atoms with Crippen molar-refractivity contribution in [2.24, 2.45) is 11.0 Å². The molecule has 8 heteroatoms. The van der Waals surface area contributed by atoms with E-state index in [0.29, 0.717) is 12.8 Å². The van der Waals surface area contributed by atoms with E-state index in [2.05, 4.69) is 9.84 Å². The van der Waals surface area contributed by atoms with Crippen molar-refractivity contribution >= 4 is 11.8 Å². The second-order valence-electron chi connectivity index (χ2n) is 4.87. The summed E-state index contributed by atoms with van der Waals surface area (Å²) in [6.07, 6.45) is -6.15. The molecule has 1 heterocycles. The van der Waals surface area contributed by atoms with Crippen LogP contribution in [0.1, 0.15) is 33.1 Å². The lowest BCUT2D eigenvalue weighted by Gasteiger charge is -2.31. The monoisotopic (exact) mass is 282 g/mol. The van der Waals surface area contributed by atoms with E-state index in [4.69, 9.17) is 0 Å². The van der Waals surface area contributed by atoms with Crippen LogP contribution in [0.15, 0.2) is 5.10 Å². The summed E-state index contributed by atoms with van der Waals surface area (Å²) >= 11 is 0. The Morgan fingerprint density at radius 1 is 1.58 bits per heavy atom. The second-order valence-corrected chi connectivity index (χ2v) is 4.87. The number of carbonyl (C=O) groups is 1. The average molecular weight is 282 g/mol. The molecular formula is C11H17F3N2O3. The molecule has 5 nitrogen and oxygen atoms in total. The first-order valence-electron chi connectivity index (χ1n) is 5.85. The van der Waals surface area contributed by atoms with Gasteiger partial charge >= 0.3 is 12.3 Å². The lowest BCUT2D eigenvalue weighted by atomic mass is 10.00. The minimum absolute atomic E-state index is 0.0251. The summed E-state index contributed by atoms with van der Waals surface area (Å²) in [6, 6.07) is 0. The van der Waals surface area contributed by atoms with Crippen molar-refractivity contribution in [1.29, 1.82) is 0 Å². The van der Waals surface area contributed by atoms with Crippen LogP contribution in [0.3, 0.4) is 0 Å². The van der Waals surface area contributed by atoms with Crippen molar-refractivity contribution < 1.29 is 27.8 Å². The molecule has 0 radical (unpaired) electrons. The predicted octanol–water partition coefficient (Wildman–Crippen LogP) is 2.50. The third-order valence-corrected chi connectivity index (χ3v) is 2.85. The highest BCUT2D eigenvalue weighted by Crippen LogP contribution is 2.41. The van der Waals surface area contributed by atoms with E-state index in [1.54, 1.807) is 0 Å². The van der Waals surface area contributed by atoms with Crippen LogP contribution in [0.25, 0.3) is 0 Å². The van der Waals surface area contributed by atoms with E-state index in [1.807, 2.05) is 13.8 Å². The molecule has 1 amide bonds. The van der Waals surface area contributed by atoms with Crippen molar-refractivity contribution in [3.05, 3.63) is 0 Å². The maximum atomic E-state index is 12.9.